The Morgan fingerprint density at radius 3 is 2.64 bits per heavy atom. The minimum atomic E-state index is -0.301. The van der Waals surface area contributed by atoms with Gasteiger partial charge >= 0.3 is 0 Å². The van der Waals surface area contributed by atoms with E-state index >= 15 is 0 Å². The highest BCUT2D eigenvalue weighted by Gasteiger charge is 1.99. The van der Waals surface area contributed by atoms with Crippen LogP contribution in [0.5, 0.6) is 5.75 Å². The fraction of sp³-hybridized carbons (Fsp3) is 0.100. The van der Waals surface area contributed by atoms with Crippen LogP contribution in [0.15, 0.2) is 36.7 Å². The van der Waals surface area contributed by atoms with Gasteiger partial charge in [-0.15, -0.1) is 0 Å². The van der Waals surface area contributed by atoms with Crippen molar-refractivity contribution in [1.29, 1.82) is 0 Å². The van der Waals surface area contributed by atoms with E-state index in [0.717, 1.165) is 6.08 Å². The van der Waals surface area contributed by atoms with E-state index in [1.807, 2.05) is 0 Å². The Morgan fingerprint density at radius 2 is 2.07 bits per heavy atom. The van der Waals surface area contributed by atoms with Crippen molar-refractivity contribution in [3.8, 4) is 5.75 Å². The van der Waals surface area contributed by atoms with E-state index in [1.165, 1.54) is 12.1 Å². The Kier molecular flexibility index (Phi) is 3.67. The van der Waals surface area contributed by atoms with Crippen molar-refractivity contribution in [2.24, 2.45) is 0 Å². The van der Waals surface area contributed by atoms with Gasteiger partial charge in [-0.2, -0.15) is 0 Å². The lowest BCUT2D eigenvalue weighted by atomic mass is 10.3. The molecule has 1 amide bonds. The summed E-state index contributed by atoms with van der Waals surface area (Å²) in [4.78, 5) is 11.1. The summed E-state index contributed by atoms with van der Waals surface area (Å²) in [5.74, 6) is -0.170. The number of carbonyl (C=O) groups is 1. The zero-order valence-electron chi connectivity index (χ0n) is 7.40. The van der Waals surface area contributed by atoms with Crippen LogP contribution < -0.4 is 5.32 Å². The van der Waals surface area contributed by atoms with Crippen LogP contribution in [-0.2, 0) is 4.79 Å². The Morgan fingerprint density at radius 1 is 1.43 bits per heavy atom. The molecular formula is C10H10FNO2. The van der Waals surface area contributed by atoms with Gasteiger partial charge in [0.25, 0.3) is 0 Å². The van der Waals surface area contributed by atoms with Crippen LogP contribution in [-0.4, -0.2) is 11.0 Å². The van der Waals surface area contributed by atoms with Gasteiger partial charge in [0.1, 0.15) is 5.75 Å². The molecule has 0 heterocycles. The SMILES string of the molecule is O=C(C/C=C/F)Nc1ccc(O)cc1. The van der Waals surface area contributed by atoms with Gasteiger partial charge in [-0.05, 0) is 30.3 Å². The lowest BCUT2D eigenvalue weighted by Gasteiger charge is -2.02. The fourth-order valence-electron chi connectivity index (χ4n) is 0.908. The molecule has 4 heteroatoms. The van der Waals surface area contributed by atoms with Gasteiger partial charge in [0.05, 0.1) is 6.33 Å². The van der Waals surface area contributed by atoms with Crippen molar-refractivity contribution in [2.75, 3.05) is 5.32 Å². The van der Waals surface area contributed by atoms with Crippen LogP contribution in [0.25, 0.3) is 0 Å². The van der Waals surface area contributed by atoms with Gasteiger partial charge in [0, 0.05) is 12.1 Å². The van der Waals surface area contributed by atoms with E-state index in [1.54, 1.807) is 12.1 Å². The second kappa shape index (κ2) is 5.01. The zero-order valence-corrected chi connectivity index (χ0v) is 7.40. The summed E-state index contributed by atoms with van der Waals surface area (Å²) in [6.07, 6.45) is 1.45. The smallest absolute Gasteiger partial charge is 0.228 e. The highest BCUT2D eigenvalue weighted by molar-refractivity contribution is 5.91. The number of phenolic OH excluding ortho intramolecular Hbond substituents is 1. The van der Waals surface area contributed by atoms with E-state index in [9.17, 15) is 9.18 Å². The molecule has 0 aliphatic heterocycles. The van der Waals surface area contributed by atoms with Gasteiger partial charge in [0.15, 0.2) is 0 Å². The van der Waals surface area contributed by atoms with Crippen molar-refractivity contribution in [1.82, 2.24) is 0 Å². The van der Waals surface area contributed by atoms with Crippen LogP contribution in [0.2, 0.25) is 0 Å². The highest BCUT2D eigenvalue weighted by atomic mass is 19.1. The molecule has 0 bridgehead atoms. The summed E-state index contributed by atoms with van der Waals surface area (Å²) in [7, 11) is 0. The van der Waals surface area contributed by atoms with E-state index < -0.39 is 0 Å². The second-order valence-electron chi connectivity index (χ2n) is 2.66. The molecule has 2 N–H and O–H groups in total. The van der Waals surface area contributed by atoms with Crippen molar-refractivity contribution < 1.29 is 14.3 Å². The number of benzene rings is 1. The van der Waals surface area contributed by atoms with Gasteiger partial charge in [0.2, 0.25) is 5.91 Å². The molecule has 0 unspecified atom stereocenters. The topological polar surface area (TPSA) is 49.3 Å². The largest absolute Gasteiger partial charge is 0.508 e. The summed E-state index contributed by atoms with van der Waals surface area (Å²) in [5.41, 5.74) is 0.569. The maximum atomic E-state index is 11.6. The fourth-order valence-corrected chi connectivity index (χ4v) is 0.908. The Labute approximate surface area is 80.9 Å². The van der Waals surface area contributed by atoms with Gasteiger partial charge in [-0.25, -0.2) is 4.39 Å². The number of aromatic hydroxyl groups is 1. The third-order valence-electron chi connectivity index (χ3n) is 1.54. The van der Waals surface area contributed by atoms with Gasteiger partial charge in [-0.3, -0.25) is 4.79 Å². The summed E-state index contributed by atoms with van der Waals surface area (Å²) < 4.78 is 11.6. The number of carbonyl (C=O) groups excluding carboxylic acids is 1. The number of hydrogen-bond acceptors (Lipinski definition) is 2. The first-order valence-corrected chi connectivity index (χ1v) is 4.06. The molecule has 14 heavy (non-hydrogen) atoms. The minimum absolute atomic E-state index is 0.00260. The first-order valence-electron chi connectivity index (χ1n) is 4.06. The lowest BCUT2D eigenvalue weighted by Crippen LogP contribution is -2.09. The molecule has 3 nitrogen and oxygen atoms in total. The molecule has 0 spiro atoms. The Balaban J connectivity index is 2.52. The molecule has 1 aromatic carbocycles. The summed E-state index contributed by atoms with van der Waals surface area (Å²) in [6, 6.07) is 6.04. The molecule has 74 valence electrons. The van der Waals surface area contributed by atoms with E-state index in [2.05, 4.69) is 5.32 Å². The molecule has 0 saturated heterocycles. The molecule has 0 aliphatic carbocycles. The van der Waals surface area contributed by atoms with Crippen molar-refractivity contribution >= 4 is 11.6 Å². The molecule has 1 aromatic rings. The van der Waals surface area contributed by atoms with Gasteiger partial charge in [-0.1, -0.05) is 0 Å². The number of nitrogens with one attached hydrogen (secondary N) is 1. The lowest BCUT2D eigenvalue weighted by molar-refractivity contribution is -0.115. The van der Waals surface area contributed by atoms with Crippen molar-refractivity contribution in [3.63, 3.8) is 0 Å². The molecule has 0 radical (unpaired) electrons. The first kappa shape index (κ1) is 10.2. The highest BCUT2D eigenvalue weighted by Crippen LogP contribution is 2.13. The van der Waals surface area contributed by atoms with E-state index in [4.69, 9.17) is 5.11 Å². The van der Waals surface area contributed by atoms with E-state index in [0.29, 0.717) is 12.0 Å². The third kappa shape index (κ3) is 3.26. The summed E-state index contributed by atoms with van der Waals surface area (Å²) >= 11 is 0. The quantitative estimate of drug-likeness (QED) is 0.726. The van der Waals surface area contributed by atoms with E-state index in [-0.39, 0.29) is 18.1 Å². The normalized spacial score (nSPS) is 10.4. The maximum absolute atomic E-state index is 11.6. The summed E-state index contributed by atoms with van der Waals surface area (Å²) in [6.45, 7) is 0. The molecule has 0 fully saturated rings. The molecular weight excluding hydrogens is 185 g/mol. The maximum Gasteiger partial charge on any atom is 0.228 e. The van der Waals surface area contributed by atoms with Crippen LogP contribution in [0.4, 0.5) is 10.1 Å². The van der Waals surface area contributed by atoms with Crippen molar-refractivity contribution in [2.45, 2.75) is 6.42 Å². The molecule has 0 atom stereocenters. The van der Waals surface area contributed by atoms with Crippen LogP contribution >= 0.6 is 0 Å². The standard InChI is InChI=1S/C10H10FNO2/c11-7-1-2-10(14)12-8-3-5-9(13)6-4-8/h1,3-7,13H,2H2,(H,12,14)/b7-1+. The average molecular weight is 195 g/mol. The Hall–Kier alpha value is -1.84. The van der Waals surface area contributed by atoms with Gasteiger partial charge < -0.3 is 10.4 Å². The number of anilines is 1. The number of rotatable bonds is 3. The van der Waals surface area contributed by atoms with Crippen LogP contribution in [0, 0.1) is 0 Å². The number of amides is 1. The molecule has 1 rings (SSSR count). The Bertz CT molecular complexity index is 332. The first-order chi connectivity index (χ1) is 6.72. The number of hydrogen-bond donors (Lipinski definition) is 2. The van der Waals surface area contributed by atoms with Crippen LogP contribution in [0.1, 0.15) is 6.42 Å². The molecule has 0 aromatic heterocycles. The van der Waals surface area contributed by atoms with Crippen molar-refractivity contribution in [3.05, 3.63) is 36.7 Å². The monoisotopic (exact) mass is 195 g/mol. The number of halogens is 1. The number of phenols is 1. The van der Waals surface area contributed by atoms with Crippen LogP contribution in [0.3, 0.4) is 0 Å². The average Bonchev–Trinajstić information content (AvgIpc) is 2.18. The summed E-state index contributed by atoms with van der Waals surface area (Å²) in [5, 5.41) is 11.5. The third-order valence-corrected chi connectivity index (χ3v) is 1.54. The molecule has 0 aliphatic rings. The molecule has 0 saturated carbocycles. The zero-order chi connectivity index (χ0) is 10.4. The predicted molar refractivity (Wildman–Crippen MR) is 51.6 cm³/mol. The second-order valence-corrected chi connectivity index (χ2v) is 2.66. The predicted octanol–water partition coefficient (Wildman–Crippen LogP) is 2.20. The minimum Gasteiger partial charge on any atom is -0.508 e.